The van der Waals surface area contributed by atoms with Crippen LogP contribution >= 0.6 is 0 Å². The Bertz CT molecular complexity index is 769. The molecule has 0 aromatic carbocycles. The molecule has 4 fully saturated rings. The number of amides is 4. The summed E-state index contributed by atoms with van der Waals surface area (Å²) in [7, 11) is 7.16. The van der Waals surface area contributed by atoms with E-state index in [0.29, 0.717) is 23.7 Å². The minimum atomic E-state index is -0.109. The molecular formula is C24H38N6O2. The first-order valence-corrected chi connectivity index (χ1v) is 11.9. The van der Waals surface area contributed by atoms with Crippen molar-refractivity contribution >= 4 is 12.1 Å². The van der Waals surface area contributed by atoms with Crippen molar-refractivity contribution in [3.63, 3.8) is 0 Å². The number of rotatable bonds is 1. The summed E-state index contributed by atoms with van der Waals surface area (Å²) >= 11 is 0. The molecule has 4 amide bonds. The fraction of sp³-hybridized carbons (Fsp3) is 0.833. The first-order valence-electron chi connectivity index (χ1n) is 11.9. The lowest BCUT2D eigenvalue weighted by atomic mass is 9.83. The van der Waals surface area contributed by atoms with E-state index in [1.807, 2.05) is 9.80 Å². The molecule has 0 aromatic rings. The molecule has 0 radical (unpaired) electrons. The first kappa shape index (κ1) is 24.2. The summed E-state index contributed by atoms with van der Waals surface area (Å²) in [4.78, 5) is 30.7. The second-order valence-corrected chi connectivity index (χ2v) is 10.7. The van der Waals surface area contributed by atoms with Crippen molar-refractivity contribution in [2.45, 2.75) is 39.0 Å². The highest BCUT2D eigenvalue weighted by Gasteiger charge is 2.49. The average molecular weight is 443 g/mol. The molecule has 2 saturated heterocycles. The van der Waals surface area contributed by atoms with Crippen LogP contribution in [-0.4, -0.2) is 86.0 Å². The van der Waals surface area contributed by atoms with Gasteiger partial charge in [-0.15, -0.1) is 0 Å². The van der Waals surface area contributed by atoms with Gasteiger partial charge in [-0.05, 0) is 55.8 Å². The van der Waals surface area contributed by atoms with E-state index in [9.17, 15) is 14.9 Å². The number of likely N-dealkylation sites (tertiary alicyclic amines) is 2. The number of hydrogen-bond acceptors (Lipinski definition) is 4. The topological polar surface area (TPSA) is 94.7 Å². The zero-order valence-corrected chi connectivity index (χ0v) is 20.3. The Hall–Kier alpha value is -2.48. The maximum atomic E-state index is 11.9. The van der Waals surface area contributed by atoms with E-state index >= 15 is 0 Å². The fourth-order valence-electron chi connectivity index (χ4n) is 6.23. The molecule has 176 valence electrons. The Morgan fingerprint density at radius 1 is 0.844 bits per heavy atom. The third-order valence-corrected chi connectivity index (χ3v) is 8.04. The maximum Gasteiger partial charge on any atom is 0.319 e. The van der Waals surface area contributed by atoms with Gasteiger partial charge in [-0.2, -0.15) is 10.5 Å². The Balaban J connectivity index is 0.000000182. The van der Waals surface area contributed by atoms with Gasteiger partial charge in [0, 0.05) is 60.3 Å². The third kappa shape index (κ3) is 4.80. The number of carbonyl (C=O) groups is 2. The number of hydrogen-bond donors (Lipinski definition) is 0. The molecule has 0 spiro atoms. The number of fused-ring (bicyclic) bond motifs is 2. The zero-order valence-electron chi connectivity index (χ0n) is 20.3. The summed E-state index contributed by atoms with van der Waals surface area (Å²) in [6, 6.07) is 5.07. The van der Waals surface area contributed by atoms with Gasteiger partial charge in [0.15, 0.2) is 0 Å². The summed E-state index contributed by atoms with van der Waals surface area (Å²) in [5.41, 5.74) is -0.109. The highest BCUT2D eigenvalue weighted by atomic mass is 16.2. The Labute approximate surface area is 192 Å². The second-order valence-electron chi connectivity index (χ2n) is 10.7. The standard InChI is InChI=1S/C13H21N3O.C11H17N3O/c1-4-13(9-14)5-10-7-16(8-11(10)6-13)12(17)15(2)3;1-13(2)11(15)14-6-9-3-8(5-12)4-10(9)7-14/h10-11H,4-8H2,1-3H3;8-10H,3-4,6-7H2,1-2H3. The monoisotopic (exact) mass is 442 g/mol. The van der Waals surface area contributed by atoms with E-state index in [1.165, 1.54) is 0 Å². The van der Waals surface area contributed by atoms with Crippen molar-refractivity contribution < 1.29 is 9.59 Å². The van der Waals surface area contributed by atoms with Crippen LogP contribution in [0.25, 0.3) is 0 Å². The van der Waals surface area contributed by atoms with Crippen LogP contribution in [0.1, 0.15) is 39.0 Å². The van der Waals surface area contributed by atoms with E-state index in [4.69, 9.17) is 5.26 Å². The molecular weight excluding hydrogens is 404 g/mol. The number of urea groups is 2. The normalized spacial score (nSPS) is 34.7. The van der Waals surface area contributed by atoms with Crippen molar-refractivity contribution in [2.75, 3.05) is 54.4 Å². The molecule has 8 nitrogen and oxygen atoms in total. The van der Waals surface area contributed by atoms with E-state index in [-0.39, 0.29) is 23.4 Å². The van der Waals surface area contributed by atoms with Crippen LogP contribution in [0.4, 0.5) is 9.59 Å². The van der Waals surface area contributed by atoms with Crippen molar-refractivity contribution in [1.82, 2.24) is 19.6 Å². The highest BCUT2D eigenvalue weighted by molar-refractivity contribution is 5.74. The van der Waals surface area contributed by atoms with Crippen LogP contribution in [-0.2, 0) is 0 Å². The molecule has 2 aliphatic heterocycles. The summed E-state index contributed by atoms with van der Waals surface area (Å²) in [6.45, 7) is 5.48. The molecule has 0 N–H and O–H groups in total. The van der Waals surface area contributed by atoms with Crippen molar-refractivity contribution in [3.8, 4) is 12.1 Å². The smallest absolute Gasteiger partial charge is 0.319 e. The first-order chi connectivity index (χ1) is 15.1. The second kappa shape index (κ2) is 9.57. The van der Waals surface area contributed by atoms with Crippen molar-refractivity contribution in [1.29, 1.82) is 10.5 Å². The molecule has 2 saturated carbocycles. The van der Waals surface area contributed by atoms with Gasteiger partial charge in [0.1, 0.15) is 0 Å². The molecule has 8 heteroatoms. The van der Waals surface area contributed by atoms with Gasteiger partial charge in [-0.25, -0.2) is 9.59 Å². The number of nitrogens with zero attached hydrogens (tertiary/aromatic N) is 6. The molecule has 0 bridgehead atoms. The summed E-state index contributed by atoms with van der Waals surface area (Å²) < 4.78 is 0. The Kier molecular flexibility index (Phi) is 7.22. The lowest BCUT2D eigenvalue weighted by Crippen LogP contribution is -2.38. The molecule has 2 heterocycles. The lowest BCUT2D eigenvalue weighted by Gasteiger charge is -2.25. The number of carbonyl (C=O) groups excluding carboxylic acids is 2. The minimum Gasteiger partial charge on any atom is -0.331 e. The predicted molar refractivity (Wildman–Crippen MR) is 121 cm³/mol. The highest BCUT2D eigenvalue weighted by Crippen LogP contribution is 2.50. The Morgan fingerprint density at radius 2 is 1.25 bits per heavy atom. The molecule has 4 rings (SSSR count). The average Bonchev–Trinajstić information content (AvgIpc) is 3.50. The van der Waals surface area contributed by atoms with Crippen LogP contribution in [0, 0.1) is 57.7 Å². The van der Waals surface area contributed by atoms with E-state index in [0.717, 1.165) is 58.3 Å². The zero-order chi connectivity index (χ0) is 23.6. The van der Waals surface area contributed by atoms with Gasteiger partial charge >= 0.3 is 12.1 Å². The molecule has 4 atom stereocenters. The van der Waals surface area contributed by atoms with Gasteiger partial charge < -0.3 is 19.6 Å². The fourth-order valence-corrected chi connectivity index (χ4v) is 6.23. The van der Waals surface area contributed by atoms with Crippen molar-refractivity contribution in [3.05, 3.63) is 0 Å². The van der Waals surface area contributed by atoms with Crippen LogP contribution in [0.15, 0.2) is 0 Å². The third-order valence-electron chi connectivity index (χ3n) is 8.04. The Morgan fingerprint density at radius 3 is 1.56 bits per heavy atom. The number of nitriles is 2. The van der Waals surface area contributed by atoms with E-state index in [2.05, 4.69) is 19.1 Å². The van der Waals surface area contributed by atoms with E-state index < -0.39 is 0 Å². The molecule has 2 aliphatic carbocycles. The summed E-state index contributed by atoms with van der Waals surface area (Å²) in [6.07, 6.45) is 4.86. The van der Waals surface area contributed by atoms with Crippen LogP contribution in [0.5, 0.6) is 0 Å². The largest absolute Gasteiger partial charge is 0.331 e. The molecule has 0 aromatic heterocycles. The van der Waals surface area contributed by atoms with Gasteiger partial charge in [0.2, 0.25) is 0 Å². The van der Waals surface area contributed by atoms with Crippen LogP contribution in [0.2, 0.25) is 0 Å². The van der Waals surface area contributed by atoms with Crippen LogP contribution in [0.3, 0.4) is 0 Å². The lowest BCUT2D eigenvalue weighted by molar-refractivity contribution is 0.175. The van der Waals surface area contributed by atoms with Gasteiger partial charge in [0.05, 0.1) is 17.6 Å². The SMILES string of the molecule is CCC1(C#N)CC2CN(C(=O)N(C)C)CC2C1.CN(C)C(=O)N1CC2CC(C#N)CC2C1. The molecule has 4 unspecified atom stereocenters. The maximum absolute atomic E-state index is 11.9. The van der Waals surface area contributed by atoms with Gasteiger partial charge in [-0.1, -0.05) is 6.92 Å². The van der Waals surface area contributed by atoms with Gasteiger partial charge in [0.25, 0.3) is 0 Å². The minimum absolute atomic E-state index is 0.109. The summed E-state index contributed by atoms with van der Waals surface area (Å²) in [5, 5.41) is 18.1. The molecule has 32 heavy (non-hydrogen) atoms. The predicted octanol–water partition coefficient (Wildman–Crippen LogP) is 3.08. The van der Waals surface area contributed by atoms with Crippen LogP contribution < -0.4 is 0 Å². The van der Waals surface area contributed by atoms with E-state index in [1.54, 1.807) is 38.0 Å². The van der Waals surface area contributed by atoms with Crippen molar-refractivity contribution in [2.24, 2.45) is 35.0 Å². The van der Waals surface area contributed by atoms with Gasteiger partial charge in [-0.3, -0.25) is 0 Å². The quantitative estimate of drug-likeness (QED) is 0.623. The molecule has 4 aliphatic rings. The summed E-state index contributed by atoms with van der Waals surface area (Å²) in [5.74, 6) is 2.45.